The first-order valence-electron chi connectivity index (χ1n) is 9.06. The SMILES string of the molecule is O=C(O)CC(Cc1nc2ccc(C(F)(F)F)cc2[nH]1)c1ccc2ccccc2c1. The number of aliphatic carboxylic acids is 1. The first-order chi connectivity index (χ1) is 13.8. The highest BCUT2D eigenvalue weighted by molar-refractivity contribution is 5.83. The summed E-state index contributed by atoms with van der Waals surface area (Å²) in [6.45, 7) is 0. The fraction of sp³-hybridized carbons (Fsp3) is 0.182. The highest BCUT2D eigenvalue weighted by Crippen LogP contribution is 2.32. The van der Waals surface area contributed by atoms with E-state index in [1.54, 1.807) is 0 Å². The number of imidazole rings is 1. The van der Waals surface area contributed by atoms with Gasteiger partial charge in [0.1, 0.15) is 5.82 Å². The predicted octanol–water partition coefficient (Wildman–Crippen LogP) is 5.54. The van der Waals surface area contributed by atoms with Crippen LogP contribution in [0.3, 0.4) is 0 Å². The minimum absolute atomic E-state index is 0.108. The second-order valence-electron chi connectivity index (χ2n) is 7.02. The van der Waals surface area contributed by atoms with Crippen molar-refractivity contribution in [1.29, 1.82) is 0 Å². The first kappa shape index (κ1) is 19.0. The molecular formula is C22H17F3N2O2. The molecule has 0 saturated carbocycles. The van der Waals surface area contributed by atoms with Crippen LogP contribution in [0, 0.1) is 0 Å². The number of halogens is 3. The number of alkyl halides is 3. The van der Waals surface area contributed by atoms with Gasteiger partial charge in [-0.25, -0.2) is 4.98 Å². The van der Waals surface area contributed by atoms with Gasteiger partial charge in [0.25, 0.3) is 0 Å². The average molecular weight is 398 g/mol. The number of H-pyrrole nitrogens is 1. The van der Waals surface area contributed by atoms with Crippen LogP contribution in [-0.2, 0) is 17.4 Å². The van der Waals surface area contributed by atoms with Gasteiger partial charge in [-0.2, -0.15) is 13.2 Å². The van der Waals surface area contributed by atoms with E-state index in [2.05, 4.69) is 9.97 Å². The molecule has 0 radical (unpaired) electrons. The Balaban J connectivity index is 1.68. The molecule has 0 aliphatic carbocycles. The van der Waals surface area contributed by atoms with Crippen molar-refractivity contribution in [3.8, 4) is 0 Å². The minimum Gasteiger partial charge on any atom is -0.481 e. The van der Waals surface area contributed by atoms with Crippen LogP contribution in [0.5, 0.6) is 0 Å². The number of rotatable bonds is 5. The maximum Gasteiger partial charge on any atom is 0.416 e. The van der Waals surface area contributed by atoms with Crippen LogP contribution in [0.4, 0.5) is 13.2 Å². The highest BCUT2D eigenvalue weighted by atomic mass is 19.4. The van der Waals surface area contributed by atoms with Crippen molar-refractivity contribution < 1.29 is 23.1 Å². The zero-order valence-electron chi connectivity index (χ0n) is 15.2. The fourth-order valence-electron chi connectivity index (χ4n) is 3.55. The third-order valence-electron chi connectivity index (χ3n) is 4.96. The van der Waals surface area contributed by atoms with Gasteiger partial charge in [-0.3, -0.25) is 4.79 Å². The molecule has 4 rings (SSSR count). The van der Waals surface area contributed by atoms with Crippen molar-refractivity contribution in [1.82, 2.24) is 9.97 Å². The second kappa shape index (κ2) is 7.24. The molecule has 148 valence electrons. The van der Waals surface area contributed by atoms with Crippen LogP contribution in [-0.4, -0.2) is 21.0 Å². The summed E-state index contributed by atoms with van der Waals surface area (Å²) >= 11 is 0. The number of carboxylic acids is 1. The standard InChI is InChI=1S/C22H17F3N2O2/c23-22(24,25)17-7-8-18-19(12-17)27-20(26-18)10-16(11-21(28)29)15-6-5-13-3-1-2-4-14(13)9-15/h1-9,12,16H,10-11H2,(H,26,27)(H,28,29). The lowest BCUT2D eigenvalue weighted by atomic mass is 9.90. The summed E-state index contributed by atoms with van der Waals surface area (Å²) in [7, 11) is 0. The Morgan fingerprint density at radius 2 is 1.79 bits per heavy atom. The zero-order valence-corrected chi connectivity index (χ0v) is 15.2. The third-order valence-corrected chi connectivity index (χ3v) is 4.96. The van der Waals surface area contributed by atoms with Crippen LogP contribution in [0.25, 0.3) is 21.8 Å². The Morgan fingerprint density at radius 1 is 1.03 bits per heavy atom. The van der Waals surface area contributed by atoms with Gasteiger partial charge in [0.15, 0.2) is 0 Å². The number of hydrogen-bond acceptors (Lipinski definition) is 2. The Hall–Kier alpha value is -3.35. The summed E-state index contributed by atoms with van der Waals surface area (Å²) in [6, 6.07) is 16.9. The molecule has 0 fully saturated rings. The molecule has 29 heavy (non-hydrogen) atoms. The largest absolute Gasteiger partial charge is 0.481 e. The maximum atomic E-state index is 12.9. The molecule has 0 saturated heterocycles. The fourth-order valence-corrected chi connectivity index (χ4v) is 3.55. The van der Waals surface area contributed by atoms with Gasteiger partial charge in [0.05, 0.1) is 23.0 Å². The molecule has 4 aromatic rings. The average Bonchev–Trinajstić information content (AvgIpc) is 3.07. The summed E-state index contributed by atoms with van der Waals surface area (Å²) in [5.74, 6) is -0.850. The lowest BCUT2D eigenvalue weighted by molar-refractivity contribution is -0.138. The van der Waals surface area contributed by atoms with E-state index in [1.165, 1.54) is 6.07 Å². The molecule has 1 heterocycles. The lowest BCUT2D eigenvalue weighted by Crippen LogP contribution is -2.10. The highest BCUT2D eigenvalue weighted by Gasteiger charge is 2.30. The van der Waals surface area contributed by atoms with Gasteiger partial charge in [0, 0.05) is 12.3 Å². The number of benzene rings is 3. The monoisotopic (exact) mass is 398 g/mol. The van der Waals surface area contributed by atoms with Crippen LogP contribution >= 0.6 is 0 Å². The molecule has 0 aliphatic rings. The van der Waals surface area contributed by atoms with E-state index in [1.807, 2.05) is 42.5 Å². The zero-order chi connectivity index (χ0) is 20.6. The number of carboxylic acid groups (broad SMARTS) is 1. The molecule has 4 nitrogen and oxygen atoms in total. The van der Waals surface area contributed by atoms with Gasteiger partial charge in [-0.1, -0.05) is 42.5 Å². The lowest BCUT2D eigenvalue weighted by Gasteiger charge is -2.15. The van der Waals surface area contributed by atoms with Crippen molar-refractivity contribution >= 4 is 27.8 Å². The molecule has 7 heteroatoms. The molecule has 0 aliphatic heterocycles. The van der Waals surface area contributed by atoms with Crippen molar-refractivity contribution in [2.24, 2.45) is 0 Å². The number of fused-ring (bicyclic) bond motifs is 2. The second-order valence-corrected chi connectivity index (χ2v) is 7.02. The molecule has 1 atom stereocenters. The molecule has 2 N–H and O–H groups in total. The van der Waals surface area contributed by atoms with Crippen LogP contribution in [0.15, 0.2) is 60.7 Å². The van der Waals surface area contributed by atoms with Gasteiger partial charge in [0.2, 0.25) is 0 Å². The molecule has 0 amide bonds. The van der Waals surface area contributed by atoms with Gasteiger partial charge in [-0.15, -0.1) is 0 Å². The Morgan fingerprint density at radius 3 is 2.52 bits per heavy atom. The molecule has 0 bridgehead atoms. The van der Waals surface area contributed by atoms with Crippen molar-refractivity contribution in [2.75, 3.05) is 0 Å². The summed E-state index contributed by atoms with van der Waals surface area (Å²) in [5.41, 5.74) is 0.794. The molecular weight excluding hydrogens is 381 g/mol. The van der Waals surface area contributed by atoms with E-state index in [9.17, 15) is 23.1 Å². The Kier molecular flexibility index (Phi) is 4.74. The number of nitrogens with zero attached hydrogens (tertiary/aromatic N) is 1. The molecule has 1 aromatic heterocycles. The number of hydrogen-bond donors (Lipinski definition) is 2. The normalized spacial score (nSPS) is 13.1. The number of carbonyl (C=O) groups is 1. The molecule has 1 unspecified atom stereocenters. The van der Waals surface area contributed by atoms with Crippen molar-refractivity contribution in [3.63, 3.8) is 0 Å². The summed E-state index contributed by atoms with van der Waals surface area (Å²) in [5, 5.41) is 11.4. The Labute approximate surface area is 164 Å². The summed E-state index contributed by atoms with van der Waals surface area (Å²) in [6.07, 6.45) is -4.26. The van der Waals surface area contributed by atoms with E-state index in [0.29, 0.717) is 11.3 Å². The van der Waals surface area contributed by atoms with E-state index < -0.39 is 17.7 Å². The van der Waals surface area contributed by atoms with E-state index >= 15 is 0 Å². The van der Waals surface area contributed by atoms with Crippen molar-refractivity contribution in [2.45, 2.75) is 24.9 Å². The number of aromatic amines is 1. The van der Waals surface area contributed by atoms with E-state index in [0.717, 1.165) is 28.5 Å². The van der Waals surface area contributed by atoms with E-state index in [-0.39, 0.29) is 24.3 Å². The van der Waals surface area contributed by atoms with E-state index in [4.69, 9.17) is 0 Å². The smallest absolute Gasteiger partial charge is 0.416 e. The summed E-state index contributed by atoms with van der Waals surface area (Å²) in [4.78, 5) is 18.7. The first-order valence-corrected chi connectivity index (χ1v) is 9.06. The number of nitrogens with one attached hydrogen (secondary N) is 1. The van der Waals surface area contributed by atoms with Crippen LogP contribution < -0.4 is 0 Å². The predicted molar refractivity (Wildman–Crippen MR) is 104 cm³/mol. The quantitative estimate of drug-likeness (QED) is 0.464. The van der Waals surface area contributed by atoms with Crippen LogP contribution in [0.1, 0.15) is 29.3 Å². The van der Waals surface area contributed by atoms with Gasteiger partial charge in [-0.05, 0) is 34.5 Å². The summed E-state index contributed by atoms with van der Waals surface area (Å²) < 4.78 is 38.8. The maximum absolute atomic E-state index is 12.9. The third kappa shape index (κ3) is 4.08. The molecule has 0 spiro atoms. The van der Waals surface area contributed by atoms with Gasteiger partial charge >= 0.3 is 12.1 Å². The molecule has 3 aromatic carbocycles. The number of aromatic nitrogens is 2. The minimum atomic E-state index is -4.43. The topological polar surface area (TPSA) is 66.0 Å². The Bertz CT molecular complexity index is 1200. The van der Waals surface area contributed by atoms with Gasteiger partial charge < -0.3 is 10.1 Å². The van der Waals surface area contributed by atoms with Crippen molar-refractivity contribution in [3.05, 3.63) is 77.6 Å². The van der Waals surface area contributed by atoms with Crippen LogP contribution in [0.2, 0.25) is 0 Å².